The molecule has 1 atom stereocenters. The Labute approximate surface area is 117 Å². The van der Waals surface area contributed by atoms with Gasteiger partial charge in [0.25, 0.3) is 11.5 Å². The van der Waals surface area contributed by atoms with Gasteiger partial charge >= 0.3 is 5.97 Å². The quantitative estimate of drug-likeness (QED) is 0.853. The van der Waals surface area contributed by atoms with Crippen LogP contribution in [0.3, 0.4) is 0 Å². The summed E-state index contributed by atoms with van der Waals surface area (Å²) in [4.78, 5) is 38.5. The summed E-state index contributed by atoms with van der Waals surface area (Å²) in [5, 5.41) is 9.14. The Morgan fingerprint density at radius 1 is 1.42 bits per heavy atom. The highest BCUT2D eigenvalue weighted by molar-refractivity contribution is 9.10. The second-order valence-electron chi connectivity index (χ2n) is 4.41. The largest absolute Gasteiger partial charge is 0.480 e. The number of pyridine rings is 1. The molecule has 1 amide bonds. The Hall–Kier alpha value is -1.63. The maximum atomic E-state index is 12.3. The summed E-state index contributed by atoms with van der Waals surface area (Å²) in [6, 6.07) is 0.626. The molecule has 1 aromatic rings. The van der Waals surface area contributed by atoms with E-state index in [-0.39, 0.29) is 21.5 Å². The molecule has 2 N–H and O–H groups in total. The molecule has 2 heterocycles. The van der Waals surface area contributed by atoms with E-state index in [9.17, 15) is 14.4 Å². The Kier molecular flexibility index (Phi) is 4.04. The molecule has 0 saturated carbocycles. The molecule has 2 rings (SSSR count). The topological polar surface area (TPSA) is 90.5 Å². The van der Waals surface area contributed by atoms with Crippen molar-refractivity contribution in [2.24, 2.45) is 0 Å². The number of hydrogen-bond acceptors (Lipinski definition) is 3. The molecule has 1 aliphatic rings. The van der Waals surface area contributed by atoms with Crippen molar-refractivity contribution in [1.29, 1.82) is 0 Å². The van der Waals surface area contributed by atoms with Crippen molar-refractivity contribution in [1.82, 2.24) is 9.88 Å². The number of halogens is 1. The Morgan fingerprint density at radius 3 is 2.79 bits per heavy atom. The number of H-pyrrole nitrogens is 1. The van der Waals surface area contributed by atoms with Crippen LogP contribution in [-0.4, -0.2) is 39.5 Å². The number of aromatic amines is 1. The lowest BCUT2D eigenvalue weighted by Gasteiger charge is -2.32. The third-order valence-corrected chi connectivity index (χ3v) is 3.74. The van der Waals surface area contributed by atoms with Gasteiger partial charge < -0.3 is 15.0 Å². The highest BCUT2D eigenvalue weighted by atomic mass is 79.9. The van der Waals surface area contributed by atoms with E-state index in [1.165, 1.54) is 17.2 Å². The van der Waals surface area contributed by atoms with E-state index in [1.54, 1.807) is 0 Å². The first-order valence-electron chi connectivity index (χ1n) is 5.92. The monoisotopic (exact) mass is 328 g/mol. The number of carbonyl (C=O) groups excluding carboxylic acids is 1. The summed E-state index contributed by atoms with van der Waals surface area (Å²) in [5.41, 5.74) is -0.0513. The van der Waals surface area contributed by atoms with Crippen molar-refractivity contribution in [3.05, 3.63) is 32.7 Å². The number of nitrogens with one attached hydrogen (secondary N) is 1. The van der Waals surface area contributed by atoms with Gasteiger partial charge in [0.05, 0.1) is 10.0 Å². The molecule has 1 fully saturated rings. The fourth-order valence-corrected chi connectivity index (χ4v) is 2.54. The number of nitrogens with zero attached hydrogens (tertiary/aromatic N) is 1. The van der Waals surface area contributed by atoms with Gasteiger partial charge in [-0.1, -0.05) is 0 Å². The van der Waals surface area contributed by atoms with Crippen molar-refractivity contribution in [2.45, 2.75) is 25.3 Å². The SMILES string of the molecule is O=C(O)[C@@H]1CCCCN1C(=O)c1c[nH]c(=O)c(Br)c1. The molecule has 0 aromatic carbocycles. The van der Waals surface area contributed by atoms with Gasteiger partial charge in [-0.15, -0.1) is 0 Å². The molecule has 1 aromatic heterocycles. The summed E-state index contributed by atoms with van der Waals surface area (Å²) in [5.74, 6) is -1.36. The fourth-order valence-electron chi connectivity index (χ4n) is 2.18. The molecule has 0 spiro atoms. The summed E-state index contributed by atoms with van der Waals surface area (Å²) in [7, 11) is 0. The average Bonchev–Trinajstić information content (AvgIpc) is 2.41. The molecule has 19 heavy (non-hydrogen) atoms. The number of carbonyl (C=O) groups is 2. The molecule has 6 nitrogen and oxygen atoms in total. The second kappa shape index (κ2) is 5.56. The Balaban J connectivity index is 2.28. The van der Waals surface area contributed by atoms with Crippen LogP contribution in [0.2, 0.25) is 0 Å². The lowest BCUT2D eigenvalue weighted by Crippen LogP contribution is -2.48. The van der Waals surface area contributed by atoms with Crippen molar-refractivity contribution in [2.75, 3.05) is 6.54 Å². The van der Waals surface area contributed by atoms with Gasteiger partial charge in [0.1, 0.15) is 6.04 Å². The first kappa shape index (κ1) is 13.8. The normalized spacial score (nSPS) is 19.2. The van der Waals surface area contributed by atoms with Gasteiger partial charge in [-0.2, -0.15) is 0 Å². The van der Waals surface area contributed by atoms with Gasteiger partial charge in [0.2, 0.25) is 0 Å². The predicted octanol–water partition coefficient (Wildman–Crippen LogP) is 1.22. The molecular weight excluding hydrogens is 316 g/mol. The van der Waals surface area contributed by atoms with Crippen molar-refractivity contribution in [3.8, 4) is 0 Å². The van der Waals surface area contributed by atoms with Crippen LogP contribution >= 0.6 is 15.9 Å². The van der Waals surface area contributed by atoms with Crippen LogP contribution in [0, 0.1) is 0 Å². The number of rotatable bonds is 2. The average molecular weight is 329 g/mol. The number of likely N-dealkylation sites (tertiary alicyclic amines) is 1. The third-order valence-electron chi connectivity index (χ3n) is 3.15. The Morgan fingerprint density at radius 2 is 2.16 bits per heavy atom. The zero-order valence-electron chi connectivity index (χ0n) is 10.1. The van der Waals surface area contributed by atoms with E-state index in [4.69, 9.17) is 5.11 Å². The first-order valence-corrected chi connectivity index (χ1v) is 6.72. The minimum atomic E-state index is -0.989. The number of aromatic nitrogens is 1. The molecular formula is C12H13BrN2O4. The maximum Gasteiger partial charge on any atom is 0.326 e. The number of aliphatic carboxylic acids is 1. The van der Waals surface area contributed by atoms with Gasteiger partial charge in [-0.3, -0.25) is 9.59 Å². The van der Waals surface area contributed by atoms with E-state index < -0.39 is 12.0 Å². The number of hydrogen-bond donors (Lipinski definition) is 2. The lowest BCUT2D eigenvalue weighted by atomic mass is 10.0. The molecule has 1 aliphatic heterocycles. The van der Waals surface area contributed by atoms with Gasteiger partial charge in [-0.05, 0) is 41.3 Å². The highest BCUT2D eigenvalue weighted by Gasteiger charge is 2.32. The van der Waals surface area contributed by atoms with Crippen molar-refractivity contribution < 1.29 is 14.7 Å². The van der Waals surface area contributed by atoms with Crippen LogP contribution in [0.5, 0.6) is 0 Å². The molecule has 102 valence electrons. The van der Waals surface area contributed by atoms with E-state index in [2.05, 4.69) is 20.9 Å². The maximum absolute atomic E-state index is 12.3. The molecule has 0 aliphatic carbocycles. The van der Waals surface area contributed by atoms with Crippen LogP contribution in [0.4, 0.5) is 0 Å². The standard InChI is InChI=1S/C12H13BrN2O4/c13-8-5-7(6-14-10(8)16)11(17)15-4-2-1-3-9(15)12(18)19/h5-6,9H,1-4H2,(H,14,16)(H,18,19)/t9-/m0/s1. The zero-order valence-corrected chi connectivity index (χ0v) is 11.6. The smallest absolute Gasteiger partial charge is 0.326 e. The highest BCUT2D eigenvalue weighted by Crippen LogP contribution is 2.20. The first-order chi connectivity index (χ1) is 9.00. The lowest BCUT2D eigenvalue weighted by molar-refractivity contribution is -0.143. The molecule has 0 unspecified atom stereocenters. The minimum Gasteiger partial charge on any atom is -0.480 e. The second-order valence-corrected chi connectivity index (χ2v) is 5.27. The molecule has 1 saturated heterocycles. The van der Waals surface area contributed by atoms with E-state index in [1.807, 2.05) is 0 Å². The third kappa shape index (κ3) is 2.86. The summed E-state index contributed by atoms with van der Waals surface area (Å²) in [6.45, 7) is 0.423. The molecule has 7 heteroatoms. The fraction of sp³-hybridized carbons (Fsp3) is 0.417. The minimum absolute atomic E-state index is 0.252. The number of piperidine rings is 1. The van der Waals surface area contributed by atoms with Crippen molar-refractivity contribution in [3.63, 3.8) is 0 Å². The summed E-state index contributed by atoms with van der Waals surface area (Å²) >= 11 is 3.05. The predicted molar refractivity (Wildman–Crippen MR) is 71.1 cm³/mol. The van der Waals surface area contributed by atoms with Crippen LogP contribution in [-0.2, 0) is 4.79 Å². The molecule has 0 radical (unpaired) electrons. The van der Waals surface area contributed by atoms with E-state index in [0.29, 0.717) is 13.0 Å². The van der Waals surface area contributed by atoms with E-state index >= 15 is 0 Å². The van der Waals surface area contributed by atoms with E-state index in [0.717, 1.165) is 12.8 Å². The number of amides is 1. The summed E-state index contributed by atoms with van der Waals surface area (Å²) < 4.78 is 0.252. The van der Waals surface area contributed by atoms with Gasteiger partial charge in [0.15, 0.2) is 0 Å². The molecule has 0 bridgehead atoms. The van der Waals surface area contributed by atoms with Gasteiger partial charge in [0, 0.05) is 12.7 Å². The van der Waals surface area contributed by atoms with Crippen LogP contribution < -0.4 is 5.56 Å². The zero-order chi connectivity index (χ0) is 14.0. The number of carboxylic acid groups (broad SMARTS) is 1. The van der Waals surface area contributed by atoms with Crippen molar-refractivity contribution >= 4 is 27.8 Å². The van der Waals surface area contributed by atoms with Crippen LogP contribution in [0.15, 0.2) is 21.5 Å². The number of carboxylic acids is 1. The summed E-state index contributed by atoms with van der Waals surface area (Å²) in [6.07, 6.45) is 3.37. The van der Waals surface area contributed by atoms with Crippen LogP contribution in [0.25, 0.3) is 0 Å². The van der Waals surface area contributed by atoms with Gasteiger partial charge in [-0.25, -0.2) is 4.79 Å². The van der Waals surface area contributed by atoms with Crippen LogP contribution in [0.1, 0.15) is 29.6 Å². The Bertz CT molecular complexity index is 569.